The molecule has 0 radical (unpaired) electrons. The summed E-state index contributed by atoms with van der Waals surface area (Å²) in [6, 6.07) is 10.4. The van der Waals surface area contributed by atoms with Crippen molar-refractivity contribution in [2.24, 2.45) is 0 Å². The van der Waals surface area contributed by atoms with Crippen molar-refractivity contribution in [1.29, 1.82) is 0 Å². The maximum absolute atomic E-state index is 10.1. The number of aliphatic hydroxyl groups is 1. The monoisotopic (exact) mass is 396 g/mol. The molecule has 2 aromatic rings. The van der Waals surface area contributed by atoms with E-state index in [0.717, 1.165) is 0 Å². The van der Waals surface area contributed by atoms with Crippen LogP contribution in [0.5, 0.6) is 0 Å². The Labute approximate surface area is 133 Å². The van der Waals surface area contributed by atoms with Crippen LogP contribution in [0.15, 0.2) is 45.6 Å². The maximum atomic E-state index is 10.1. The van der Waals surface area contributed by atoms with Crippen LogP contribution < -0.4 is 0 Å². The molecule has 20 heavy (non-hydrogen) atoms. The number of carbonyl (C=O) groups is 1. The lowest BCUT2D eigenvalue weighted by Gasteiger charge is -2.01. The van der Waals surface area contributed by atoms with E-state index in [1.165, 1.54) is 0 Å². The first-order chi connectivity index (χ1) is 9.56. The summed E-state index contributed by atoms with van der Waals surface area (Å²) in [5.74, 6) is 2.18. The van der Waals surface area contributed by atoms with E-state index >= 15 is 0 Å². The lowest BCUT2D eigenvalue weighted by Crippen LogP contribution is -1.96. The molecule has 0 fully saturated rings. The zero-order chi connectivity index (χ0) is 15.0. The van der Waals surface area contributed by atoms with Gasteiger partial charge in [-0.15, -0.1) is 6.42 Å². The number of rotatable bonds is 2. The van der Waals surface area contributed by atoms with Crippen molar-refractivity contribution in [3.05, 3.63) is 57.0 Å². The van der Waals surface area contributed by atoms with Gasteiger partial charge in [-0.25, -0.2) is 9.97 Å². The largest absolute Gasteiger partial charge is 0.374 e. The van der Waals surface area contributed by atoms with E-state index in [9.17, 15) is 4.79 Å². The van der Waals surface area contributed by atoms with E-state index in [2.05, 4.69) is 47.7 Å². The van der Waals surface area contributed by atoms with Gasteiger partial charge in [0.25, 0.3) is 0 Å². The molecule has 0 saturated carbocycles. The minimum atomic E-state index is -0.910. The highest BCUT2D eigenvalue weighted by Crippen LogP contribution is 2.12. The topological polar surface area (TPSA) is 63.1 Å². The number of aliphatic hydroxyl groups excluding tert-OH is 1. The molecule has 1 N–H and O–H groups in total. The summed E-state index contributed by atoms with van der Waals surface area (Å²) in [4.78, 5) is 17.9. The molecule has 4 nitrogen and oxygen atoms in total. The van der Waals surface area contributed by atoms with Crippen LogP contribution in [0.3, 0.4) is 0 Å². The Kier molecular flexibility index (Phi) is 7.09. The Morgan fingerprint density at radius 2 is 1.75 bits per heavy atom. The summed E-state index contributed by atoms with van der Waals surface area (Å²) >= 11 is 6.30. The van der Waals surface area contributed by atoms with Gasteiger partial charge in [0.1, 0.15) is 14.9 Å². The highest BCUT2D eigenvalue weighted by molar-refractivity contribution is 9.10. The van der Waals surface area contributed by atoms with Gasteiger partial charge in [0.2, 0.25) is 0 Å². The molecular formula is C14H10Br2N2O2. The number of hydrogen-bond acceptors (Lipinski definition) is 4. The lowest BCUT2D eigenvalue weighted by molar-refractivity contribution is 0.111. The Morgan fingerprint density at radius 3 is 2.20 bits per heavy atom. The molecule has 2 aromatic heterocycles. The van der Waals surface area contributed by atoms with Gasteiger partial charge in [-0.1, -0.05) is 18.1 Å². The van der Waals surface area contributed by atoms with E-state index < -0.39 is 6.10 Å². The van der Waals surface area contributed by atoms with Crippen molar-refractivity contribution in [1.82, 2.24) is 9.97 Å². The highest BCUT2D eigenvalue weighted by Gasteiger charge is 2.03. The molecule has 0 saturated heterocycles. The van der Waals surface area contributed by atoms with Crippen molar-refractivity contribution >= 4 is 38.1 Å². The quantitative estimate of drug-likeness (QED) is 0.480. The molecule has 0 aromatic carbocycles. The van der Waals surface area contributed by atoms with E-state index in [4.69, 9.17) is 11.5 Å². The fourth-order valence-corrected chi connectivity index (χ4v) is 1.87. The lowest BCUT2D eigenvalue weighted by atomic mass is 10.2. The van der Waals surface area contributed by atoms with Crippen LogP contribution in [-0.2, 0) is 0 Å². The van der Waals surface area contributed by atoms with Crippen LogP contribution in [0.25, 0.3) is 0 Å². The fraction of sp³-hybridized carbons (Fsp3) is 0.0714. The first kappa shape index (κ1) is 16.5. The molecule has 102 valence electrons. The van der Waals surface area contributed by atoms with Crippen molar-refractivity contribution in [2.75, 3.05) is 0 Å². The second kappa shape index (κ2) is 8.59. The van der Waals surface area contributed by atoms with Gasteiger partial charge in [0.05, 0.1) is 5.69 Å². The summed E-state index contributed by atoms with van der Waals surface area (Å²) < 4.78 is 1.36. The number of aromatic nitrogens is 2. The van der Waals surface area contributed by atoms with Crippen molar-refractivity contribution in [2.45, 2.75) is 6.10 Å². The Hall–Kier alpha value is -1.55. The van der Waals surface area contributed by atoms with Crippen LogP contribution in [0, 0.1) is 12.3 Å². The predicted molar refractivity (Wildman–Crippen MR) is 83.1 cm³/mol. The number of carbonyl (C=O) groups excluding carboxylic acids is 1. The summed E-state index contributed by atoms with van der Waals surface area (Å²) in [5.41, 5.74) is 0.936. The highest BCUT2D eigenvalue weighted by atomic mass is 79.9. The zero-order valence-corrected chi connectivity index (χ0v) is 13.4. The molecule has 0 aliphatic heterocycles. The van der Waals surface area contributed by atoms with Crippen LogP contribution in [0.4, 0.5) is 0 Å². The van der Waals surface area contributed by atoms with Gasteiger partial charge >= 0.3 is 0 Å². The minimum absolute atomic E-state index is 0.448. The zero-order valence-electron chi connectivity index (χ0n) is 10.2. The Bertz CT molecular complexity index is 627. The molecule has 0 bridgehead atoms. The van der Waals surface area contributed by atoms with Crippen LogP contribution in [0.2, 0.25) is 0 Å². The molecule has 2 heterocycles. The van der Waals surface area contributed by atoms with E-state index in [0.29, 0.717) is 26.9 Å². The van der Waals surface area contributed by atoms with Crippen molar-refractivity contribution in [3.63, 3.8) is 0 Å². The van der Waals surface area contributed by atoms with E-state index in [1.807, 2.05) is 0 Å². The van der Waals surface area contributed by atoms with Gasteiger partial charge in [-0.3, -0.25) is 4.79 Å². The normalized spacial score (nSPS) is 10.7. The summed E-state index contributed by atoms with van der Waals surface area (Å²) in [6.07, 6.45) is 4.80. The number of terminal acetylenes is 1. The fourth-order valence-electron chi connectivity index (χ4n) is 1.15. The molecule has 2 rings (SSSR count). The third-order valence-electron chi connectivity index (χ3n) is 2.03. The first-order valence-corrected chi connectivity index (χ1v) is 7.00. The number of aldehydes is 1. The number of halogens is 2. The summed E-state index contributed by atoms with van der Waals surface area (Å²) in [6.45, 7) is 0. The van der Waals surface area contributed by atoms with Gasteiger partial charge in [-0.05, 0) is 56.1 Å². The molecule has 0 aliphatic rings. The molecular weight excluding hydrogens is 388 g/mol. The molecule has 0 amide bonds. The third-order valence-corrected chi connectivity index (χ3v) is 2.92. The second-order valence-electron chi connectivity index (χ2n) is 3.46. The number of hydrogen-bond donors (Lipinski definition) is 1. The number of nitrogens with zero attached hydrogens (tertiary/aromatic N) is 2. The predicted octanol–water partition coefficient (Wildman–Crippen LogP) is 3.17. The molecule has 1 atom stereocenters. The van der Waals surface area contributed by atoms with Crippen molar-refractivity contribution < 1.29 is 9.90 Å². The summed E-state index contributed by atoms with van der Waals surface area (Å²) in [7, 11) is 0. The summed E-state index contributed by atoms with van der Waals surface area (Å²) in [5, 5.41) is 9.13. The second-order valence-corrected chi connectivity index (χ2v) is 5.08. The van der Waals surface area contributed by atoms with Gasteiger partial charge < -0.3 is 5.11 Å². The van der Waals surface area contributed by atoms with Gasteiger partial charge in [0, 0.05) is 0 Å². The third kappa shape index (κ3) is 5.61. The van der Waals surface area contributed by atoms with Crippen LogP contribution in [0.1, 0.15) is 22.3 Å². The van der Waals surface area contributed by atoms with Crippen LogP contribution >= 0.6 is 31.9 Å². The van der Waals surface area contributed by atoms with E-state index in [-0.39, 0.29) is 0 Å². The van der Waals surface area contributed by atoms with Gasteiger partial charge in [0.15, 0.2) is 12.4 Å². The van der Waals surface area contributed by atoms with Crippen LogP contribution in [-0.4, -0.2) is 21.4 Å². The average molecular weight is 398 g/mol. The maximum Gasteiger partial charge on any atom is 0.168 e. The smallest absolute Gasteiger partial charge is 0.168 e. The standard InChI is InChI=1S/C8H6BrNO.C6H4BrNO/c1-2-7(11)6-4-3-5-8(9)10-6;7-6-3-1-2-5(4-9)8-6/h1,3-5,7,11H;1-4H. The molecule has 6 heteroatoms. The Morgan fingerprint density at radius 1 is 1.15 bits per heavy atom. The average Bonchev–Trinajstić information content (AvgIpc) is 2.47. The van der Waals surface area contributed by atoms with Gasteiger partial charge in [-0.2, -0.15) is 0 Å². The molecule has 1 unspecified atom stereocenters. The van der Waals surface area contributed by atoms with Crippen molar-refractivity contribution in [3.8, 4) is 12.3 Å². The Balaban J connectivity index is 0.000000204. The minimum Gasteiger partial charge on any atom is -0.374 e. The first-order valence-electron chi connectivity index (χ1n) is 5.41. The SMILES string of the molecule is C#CC(O)c1cccc(Br)n1.O=Cc1cccc(Br)n1. The van der Waals surface area contributed by atoms with E-state index in [1.54, 1.807) is 36.4 Å². The molecule has 0 spiro atoms. The number of pyridine rings is 2. The molecule has 0 aliphatic carbocycles.